The first-order valence-electron chi connectivity index (χ1n) is 4.49. The van der Waals surface area contributed by atoms with Gasteiger partial charge >= 0.3 is 0 Å². The molecular formula is C10H12N2O2. The second-order valence-corrected chi connectivity index (χ2v) is 3.23. The number of rotatable bonds is 2. The van der Waals surface area contributed by atoms with Gasteiger partial charge in [-0.2, -0.15) is 5.10 Å². The molecule has 0 amide bonds. The van der Waals surface area contributed by atoms with Gasteiger partial charge in [0, 0.05) is 11.5 Å². The molecule has 0 fully saturated rings. The largest absolute Gasteiger partial charge is 0.508 e. The molecule has 0 atom stereocenters. The van der Waals surface area contributed by atoms with E-state index < -0.39 is 0 Å². The van der Waals surface area contributed by atoms with Gasteiger partial charge in [-0.1, -0.05) is 0 Å². The smallest absolute Gasteiger partial charge is 0.117 e. The van der Waals surface area contributed by atoms with Crippen LogP contribution >= 0.6 is 0 Å². The Labute approximate surface area is 81.4 Å². The molecule has 4 heteroatoms. The number of aromatic nitrogens is 2. The average molecular weight is 192 g/mol. The number of aryl methyl sites for hydroxylation is 1. The first-order chi connectivity index (χ1) is 6.72. The highest BCUT2D eigenvalue weighted by atomic mass is 16.3. The fourth-order valence-corrected chi connectivity index (χ4v) is 1.59. The molecule has 0 radical (unpaired) electrons. The maximum Gasteiger partial charge on any atom is 0.117 e. The molecule has 2 N–H and O–H groups in total. The zero-order chi connectivity index (χ0) is 10.1. The Morgan fingerprint density at radius 2 is 2.21 bits per heavy atom. The molecule has 14 heavy (non-hydrogen) atoms. The molecule has 0 aliphatic rings. The summed E-state index contributed by atoms with van der Waals surface area (Å²) in [5, 5.41) is 23.4. The van der Waals surface area contributed by atoms with Gasteiger partial charge in [-0.15, -0.1) is 0 Å². The van der Waals surface area contributed by atoms with E-state index >= 15 is 0 Å². The quantitative estimate of drug-likeness (QED) is 0.747. The van der Waals surface area contributed by atoms with Crippen molar-refractivity contribution in [3.05, 3.63) is 23.9 Å². The molecule has 0 aliphatic carbocycles. The Kier molecular flexibility index (Phi) is 2.13. The van der Waals surface area contributed by atoms with E-state index in [0.717, 1.165) is 16.6 Å². The standard InChI is InChI=1S/C10H12N2O2/c1-7-9-3-2-8(14)6-10(9)12(11-7)4-5-13/h2-3,6,13-14H,4-5H2,1H3. The van der Waals surface area contributed by atoms with Gasteiger partial charge in [0.25, 0.3) is 0 Å². The van der Waals surface area contributed by atoms with Gasteiger partial charge in [0.15, 0.2) is 0 Å². The van der Waals surface area contributed by atoms with Crippen LogP contribution in [0.3, 0.4) is 0 Å². The van der Waals surface area contributed by atoms with Gasteiger partial charge in [-0.05, 0) is 19.1 Å². The lowest BCUT2D eigenvalue weighted by Gasteiger charge is -1.99. The molecule has 0 bridgehead atoms. The van der Waals surface area contributed by atoms with E-state index in [-0.39, 0.29) is 12.4 Å². The number of fused-ring (bicyclic) bond motifs is 1. The lowest BCUT2D eigenvalue weighted by Crippen LogP contribution is -2.03. The number of phenolic OH excluding ortho intramolecular Hbond substituents is 1. The third kappa shape index (κ3) is 1.33. The van der Waals surface area contributed by atoms with Crippen molar-refractivity contribution in [2.45, 2.75) is 13.5 Å². The number of aromatic hydroxyl groups is 1. The molecule has 4 nitrogen and oxygen atoms in total. The summed E-state index contributed by atoms with van der Waals surface area (Å²) in [6.07, 6.45) is 0. The van der Waals surface area contributed by atoms with E-state index in [1.807, 2.05) is 13.0 Å². The SMILES string of the molecule is Cc1nn(CCO)c2cc(O)ccc12. The molecule has 0 aliphatic heterocycles. The third-order valence-corrected chi connectivity index (χ3v) is 2.23. The zero-order valence-electron chi connectivity index (χ0n) is 7.94. The van der Waals surface area contributed by atoms with Crippen molar-refractivity contribution in [1.29, 1.82) is 0 Å². The van der Waals surface area contributed by atoms with E-state index in [1.165, 1.54) is 0 Å². The second kappa shape index (κ2) is 3.31. The highest BCUT2D eigenvalue weighted by Crippen LogP contribution is 2.22. The molecule has 0 saturated heterocycles. The Bertz CT molecular complexity index is 462. The molecule has 2 aromatic rings. The molecule has 2 rings (SSSR count). The monoisotopic (exact) mass is 192 g/mol. The van der Waals surface area contributed by atoms with Crippen LogP contribution in [0.25, 0.3) is 10.9 Å². The highest BCUT2D eigenvalue weighted by molar-refractivity contribution is 5.83. The maximum atomic E-state index is 9.33. The minimum atomic E-state index is 0.0475. The summed E-state index contributed by atoms with van der Waals surface area (Å²) in [6.45, 7) is 2.41. The van der Waals surface area contributed by atoms with Gasteiger partial charge in [-0.25, -0.2) is 0 Å². The van der Waals surface area contributed by atoms with Crippen molar-refractivity contribution < 1.29 is 10.2 Å². The molecule has 0 saturated carbocycles. The van der Waals surface area contributed by atoms with Gasteiger partial charge < -0.3 is 10.2 Å². The van der Waals surface area contributed by atoms with Gasteiger partial charge in [0.05, 0.1) is 24.4 Å². The summed E-state index contributed by atoms with van der Waals surface area (Å²) in [4.78, 5) is 0. The summed E-state index contributed by atoms with van der Waals surface area (Å²) in [5.74, 6) is 0.219. The first-order valence-corrected chi connectivity index (χ1v) is 4.49. The summed E-state index contributed by atoms with van der Waals surface area (Å²) >= 11 is 0. The van der Waals surface area contributed by atoms with Crippen LogP contribution in [-0.4, -0.2) is 26.6 Å². The Hall–Kier alpha value is -1.55. The summed E-state index contributed by atoms with van der Waals surface area (Å²) in [5.41, 5.74) is 1.77. The number of hydrogen-bond acceptors (Lipinski definition) is 3. The van der Waals surface area contributed by atoms with Crippen molar-refractivity contribution in [2.24, 2.45) is 0 Å². The van der Waals surface area contributed by atoms with Crippen LogP contribution in [0.5, 0.6) is 5.75 Å². The lowest BCUT2D eigenvalue weighted by atomic mass is 10.2. The summed E-state index contributed by atoms with van der Waals surface area (Å²) in [6, 6.07) is 5.13. The van der Waals surface area contributed by atoms with Crippen LogP contribution in [0.15, 0.2) is 18.2 Å². The van der Waals surface area contributed by atoms with E-state index in [0.29, 0.717) is 6.54 Å². The van der Waals surface area contributed by atoms with E-state index in [1.54, 1.807) is 16.8 Å². The molecule has 0 unspecified atom stereocenters. The number of phenols is 1. The van der Waals surface area contributed by atoms with E-state index in [9.17, 15) is 5.11 Å². The van der Waals surface area contributed by atoms with Crippen molar-refractivity contribution in [3.63, 3.8) is 0 Å². The Balaban J connectivity index is 2.66. The first kappa shape index (κ1) is 9.02. The number of hydrogen-bond donors (Lipinski definition) is 2. The van der Waals surface area contributed by atoms with Crippen molar-refractivity contribution >= 4 is 10.9 Å². The van der Waals surface area contributed by atoms with Crippen LogP contribution in [-0.2, 0) is 6.54 Å². The van der Waals surface area contributed by atoms with Gasteiger partial charge in [-0.3, -0.25) is 4.68 Å². The van der Waals surface area contributed by atoms with Crippen molar-refractivity contribution in [2.75, 3.05) is 6.61 Å². The van der Waals surface area contributed by atoms with Gasteiger partial charge in [0.2, 0.25) is 0 Å². The molecule has 0 spiro atoms. The Morgan fingerprint density at radius 3 is 2.93 bits per heavy atom. The molecular weight excluding hydrogens is 180 g/mol. The fraction of sp³-hybridized carbons (Fsp3) is 0.300. The number of aliphatic hydroxyl groups is 1. The highest BCUT2D eigenvalue weighted by Gasteiger charge is 2.06. The molecule has 1 aromatic carbocycles. The minimum absolute atomic E-state index is 0.0475. The van der Waals surface area contributed by atoms with Crippen LogP contribution in [0.4, 0.5) is 0 Å². The van der Waals surface area contributed by atoms with Crippen molar-refractivity contribution in [3.8, 4) is 5.75 Å². The predicted octanol–water partition coefficient (Wildman–Crippen LogP) is 1.04. The lowest BCUT2D eigenvalue weighted by molar-refractivity contribution is 0.271. The number of nitrogens with zero attached hydrogens (tertiary/aromatic N) is 2. The Morgan fingerprint density at radius 1 is 1.43 bits per heavy atom. The topological polar surface area (TPSA) is 58.3 Å². The average Bonchev–Trinajstić information content (AvgIpc) is 2.44. The third-order valence-electron chi connectivity index (χ3n) is 2.23. The summed E-state index contributed by atoms with van der Waals surface area (Å²) < 4.78 is 1.70. The van der Waals surface area contributed by atoms with E-state index in [2.05, 4.69) is 5.10 Å². The minimum Gasteiger partial charge on any atom is -0.508 e. The van der Waals surface area contributed by atoms with E-state index in [4.69, 9.17) is 5.11 Å². The fourth-order valence-electron chi connectivity index (χ4n) is 1.59. The predicted molar refractivity (Wildman–Crippen MR) is 53.2 cm³/mol. The van der Waals surface area contributed by atoms with Gasteiger partial charge in [0.1, 0.15) is 5.75 Å². The summed E-state index contributed by atoms with van der Waals surface area (Å²) in [7, 11) is 0. The van der Waals surface area contributed by atoms with Crippen LogP contribution < -0.4 is 0 Å². The molecule has 1 aromatic heterocycles. The van der Waals surface area contributed by atoms with Crippen LogP contribution in [0, 0.1) is 6.92 Å². The molecule has 74 valence electrons. The van der Waals surface area contributed by atoms with Crippen LogP contribution in [0.1, 0.15) is 5.69 Å². The second-order valence-electron chi connectivity index (χ2n) is 3.23. The number of benzene rings is 1. The van der Waals surface area contributed by atoms with Crippen LogP contribution in [0.2, 0.25) is 0 Å². The number of aliphatic hydroxyl groups excluding tert-OH is 1. The van der Waals surface area contributed by atoms with Crippen molar-refractivity contribution in [1.82, 2.24) is 9.78 Å². The zero-order valence-corrected chi connectivity index (χ0v) is 7.94. The molecule has 1 heterocycles. The normalized spacial score (nSPS) is 11.0. The maximum absolute atomic E-state index is 9.33.